The van der Waals surface area contributed by atoms with Crippen LogP contribution in [-0.4, -0.2) is 16.3 Å². The summed E-state index contributed by atoms with van der Waals surface area (Å²) in [6.45, 7) is 8.51. The van der Waals surface area contributed by atoms with Crippen molar-refractivity contribution in [2.45, 2.75) is 71.9 Å². The van der Waals surface area contributed by atoms with Crippen molar-refractivity contribution in [1.82, 2.24) is 15.1 Å². The van der Waals surface area contributed by atoms with Crippen LogP contribution in [0.1, 0.15) is 71.0 Å². The topological polar surface area (TPSA) is 29.9 Å². The zero-order valence-electron chi connectivity index (χ0n) is 12.6. The van der Waals surface area contributed by atoms with Crippen molar-refractivity contribution < 1.29 is 0 Å². The molecule has 3 nitrogen and oxygen atoms in total. The van der Waals surface area contributed by atoms with Crippen LogP contribution >= 0.6 is 15.9 Å². The lowest BCUT2D eigenvalue weighted by atomic mass is 10.0. The Morgan fingerprint density at radius 3 is 2.58 bits per heavy atom. The lowest BCUT2D eigenvalue weighted by molar-refractivity contribution is 0.442. The van der Waals surface area contributed by atoms with E-state index in [2.05, 4.69) is 51.8 Å². The minimum absolute atomic E-state index is 0.420. The summed E-state index contributed by atoms with van der Waals surface area (Å²) in [5, 5.41) is 8.03. The molecule has 1 rings (SSSR count). The van der Waals surface area contributed by atoms with Gasteiger partial charge in [-0.2, -0.15) is 5.10 Å². The Balaban J connectivity index is 2.58. The van der Waals surface area contributed by atoms with Crippen molar-refractivity contribution in [3.63, 3.8) is 0 Å². The minimum Gasteiger partial charge on any atom is -0.309 e. The number of aromatic nitrogens is 2. The number of rotatable bonds is 10. The number of aryl methyl sites for hydroxylation is 1. The van der Waals surface area contributed by atoms with Gasteiger partial charge in [-0.3, -0.25) is 4.68 Å². The molecule has 110 valence electrons. The van der Waals surface area contributed by atoms with E-state index >= 15 is 0 Å². The van der Waals surface area contributed by atoms with E-state index in [1.807, 2.05) is 6.20 Å². The van der Waals surface area contributed by atoms with Crippen LogP contribution in [0.2, 0.25) is 0 Å². The van der Waals surface area contributed by atoms with E-state index in [9.17, 15) is 0 Å². The molecule has 1 heterocycles. The van der Waals surface area contributed by atoms with Gasteiger partial charge >= 0.3 is 0 Å². The highest BCUT2D eigenvalue weighted by Crippen LogP contribution is 2.27. The first kappa shape index (κ1) is 16.7. The SMILES string of the molecule is CCCCCCCC(NCC)c1c(Br)cnn1CC. The van der Waals surface area contributed by atoms with Gasteiger partial charge in [-0.1, -0.05) is 46.0 Å². The number of hydrogen-bond donors (Lipinski definition) is 1. The van der Waals surface area contributed by atoms with Crippen molar-refractivity contribution in [2.75, 3.05) is 6.54 Å². The van der Waals surface area contributed by atoms with Crippen LogP contribution in [0.4, 0.5) is 0 Å². The van der Waals surface area contributed by atoms with Gasteiger partial charge in [0.1, 0.15) is 0 Å². The Labute approximate surface area is 126 Å². The van der Waals surface area contributed by atoms with E-state index < -0.39 is 0 Å². The number of halogens is 1. The third kappa shape index (κ3) is 5.27. The maximum atomic E-state index is 4.42. The van der Waals surface area contributed by atoms with E-state index in [0.717, 1.165) is 17.6 Å². The molecule has 0 aliphatic carbocycles. The monoisotopic (exact) mass is 329 g/mol. The Hall–Kier alpha value is -0.350. The molecule has 1 atom stereocenters. The fourth-order valence-electron chi connectivity index (χ4n) is 2.50. The molecule has 0 spiro atoms. The van der Waals surface area contributed by atoms with Crippen LogP contribution in [0.3, 0.4) is 0 Å². The van der Waals surface area contributed by atoms with Gasteiger partial charge in [-0.15, -0.1) is 0 Å². The molecule has 1 unspecified atom stereocenters. The Bertz CT molecular complexity index is 349. The van der Waals surface area contributed by atoms with E-state index in [0.29, 0.717) is 6.04 Å². The second kappa shape index (κ2) is 9.54. The van der Waals surface area contributed by atoms with Crippen molar-refractivity contribution in [3.8, 4) is 0 Å². The molecule has 1 N–H and O–H groups in total. The summed E-state index contributed by atoms with van der Waals surface area (Å²) in [5.41, 5.74) is 1.31. The lowest BCUT2D eigenvalue weighted by Gasteiger charge is -2.19. The molecule has 0 aromatic carbocycles. The van der Waals surface area contributed by atoms with Crippen LogP contribution in [0.15, 0.2) is 10.7 Å². The largest absolute Gasteiger partial charge is 0.309 e. The number of hydrogen-bond acceptors (Lipinski definition) is 2. The summed E-state index contributed by atoms with van der Waals surface area (Å²) in [6.07, 6.45) is 9.78. The molecule has 0 radical (unpaired) electrons. The Kier molecular flexibility index (Phi) is 8.38. The standard InChI is InChI=1S/C15H28BrN3/c1-4-7-8-9-10-11-14(17-5-2)15-13(16)12-18-19(15)6-3/h12,14,17H,4-11H2,1-3H3. The zero-order chi connectivity index (χ0) is 14.1. The lowest BCUT2D eigenvalue weighted by Crippen LogP contribution is -2.24. The molecule has 0 saturated heterocycles. The summed E-state index contributed by atoms with van der Waals surface area (Å²) < 4.78 is 3.23. The summed E-state index contributed by atoms with van der Waals surface area (Å²) in [5.74, 6) is 0. The van der Waals surface area contributed by atoms with E-state index in [4.69, 9.17) is 0 Å². The predicted octanol–water partition coefficient (Wildman–Crippen LogP) is 4.68. The normalized spacial score (nSPS) is 12.8. The smallest absolute Gasteiger partial charge is 0.0695 e. The van der Waals surface area contributed by atoms with Gasteiger partial charge in [-0.25, -0.2) is 0 Å². The van der Waals surface area contributed by atoms with Gasteiger partial charge in [-0.05, 0) is 35.8 Å². The first-order valence-corrected chi connectivity index (χ1v) is 8.48. The summed E-state index contributed by atoms with van der Waals surface area (Å²) >= 11 is 3.64. The third-order valence-corrected chi connectivity index (χ3v) is 4.12. The molecule has 0 bridgehead atoms. The zero-order valence-corrected chi connectivity index (χ0v) is 14.2. The molecular weight excluding hydrogens is 302 g/mol. The average molecular weight is 330 g/mol. The second-order valence-corrected chi connectivity index (χ2v) is 5.86. The highest BCUT2D eigenvalue weighted by Gasteiger charge is 2.18. The molecule has 0 amide bonds. The van der Waals surface area contributed by atoms with Crippen LogP contribution < -0.4 is 5.32 Å². The first-order chi connectivity index (χ1) is 9.24. The predicted molar refractivity (Wildman–Crippen MR) is 85.4 cm³/mol. The van der Waals surface area contributed by atoms with Crippen LogP contribution in [0, 0.1) is 0 Å². The van der Waals surface area contributed by atoms with Gasteiger partial charge in [0.05, 0.1) is 22.4 Å². The number of unbranched alkanes of at least 4 members (excludes halogenated alkanes) is 4. The molecule has 1 aromatic rings. The average Bonchev–Trinajstić information content (AvgIpc) is 2.78. The highest BCUT2D eigenvalue weighted by molar-refractivity contribution is 9.10. The van der Waals surface area contributed by atoms with Gasteiger partial charge < -0.3 is 5.32 Å². The summed E-state index contributed by atoms with van der Waals surface area (Å²) in [6, 6.07) is 0.420. The van der Waals surface area contributed by atoms with Crippen LogP contribution in [-0.2, 0) is 6.54 Å². The van der Waals surface area contributed by atoms with Gasteiger partial charge in [0.25, 0.3) is 0 Å². The molecular formula is C15H28BrN3. The van der Waals surface area contributed by atoms with Gasteiger partial charge in [0, 0.05) is 6.54 Å². The fraction of sp³-hybridized carbons (Fsp3) is 0.800. The van der Waals surface area contributed by atoms with Gasteiger partial charge in [0.2, 0.25) is 0 Å². The summed E-state index contributed by atoms with van der Waals surface area (Å²) in [4.78, 5) is 0. The molecule has 4 heteroatoms. The maximum absolute atomic E-state index is 4.42. The van der Waals surface area contributed by atoms with E-state index in [1.165, 1.54) is 44.2 Å². The third-order valence-electron chi connectivity index (χ3n) is 3.51. The van der Waals surface area contributed by atoms with Crippen molar-refractivity contribution in [2.24, 2.45) is 0 Å². The number of nitrogens with zero attached hydrogens (tertiary/aromatic N) is 2. The van der Waals surface area contributed by atoms with Crippen LogP contribution in [0.25, 0.3) is 0 Å². The highest BCUT2D eigenvalue weighted by atomic mass is 79.9. The maximum Gasteiger partial charge on any atom is 0.0695 e. The Morgan fingerprint density at radius 2 is 1.95 bits per heavy atom. The second-order valence-electron chi connectivity index (χ2n) is 5.01. The molecule has 1 aromatic heterocycles. The van der Waals surface area contributed by atoms with Crippen LogP contribution in [0.5, 0.6) is 0 Å². The van der Waals surface area contributed by atoms with Crippen molar-refractivity contribution >= 4 is 15.9 Å². The molecule has 0 aliphatic heterocycles. The van der Waals surface area contributed by atoms with E-state index in [-0.39, 0.29) is 0 Å². The summed E-state index contributed by atoms with van der Waals surface area (Å²) in [7, 11) is 0. The quantitative estimate of drug-likeness (QED) is 0.632. The molecule has 19 heavy (non-hydrogen) atoms. The Morgan fingerprint density at radius 1 is 1.21 bits per heavy atom. The first-order valence-electron chi connectivity index (χ1n) is 7.69. The van der Waals surface area contributed by atoms with Crippen molar-refractivity contribution in [3.05, 3.63) is 16.4 Å². The van der Waals surface area contributed by atoms with Crippen molar-refractivity contribution in [1.29, 1.82) is 0 Å². The van der Waals surface area contributed by atoms with Gasteiger partial charge in [0.15, 0.2) is 0 Å². The number of nitrogens with one attached hydrogen (secondary N) is 1. The minimum atomic E-state index is 0.420. The van der Waals surface area contributed by atoms with E-state index in [1.54, 1.807) is 0 Å². The molecule has 0 fully saturated rings. The molecule has 0 aliphatic rings. The molecule has 0 saturated carbocycles. The fourth-order valence-corrected chi connectivity index (χ4v) is 3.08.